The monoisotopic (exact) mass is 212 g/mol. The minimum Gasteiger partial charge on any atom is -0.347 e. The molecule has 1 aliphatic rings. The third kappa shape index (κ3) is 2.04. The largest absolute Gasteiger partial charge is 0.347 e. The molecule has 2 heterocycles. The number of hydrogen-bond donors (Lipinski definition) is 1. The molecule has 1 aromatic heterocycles. The molecule has 0 aromatic carbocycles. The minimum atomic E-state index is 0.709. The Labute approximate surface area is 88.3 Å². The molecule has 0 unspecified atom stereocenters. The van der Waals surface area contributed by atoms with Crippen molar-refractivity contribution in [2.24, 2.45) is 11.7 Å². The van der Waals surface area contributed by atoms with E-state index in [1.807, 2.05) is 6.92 Å². The maximum atomic E-state index is 5.65. The van der Waals surface area contributed by atoms with Crippen LogP contribution in [-0.4, -0.2) is 29.0 Å². The number of nitrogens with zero attached hydrogens (tertiary/aromatic N) is 3. The lowest BCUT2D eigenvalue weighted by Gasteiger charge is -2.30. The predicted octanol–water partition coefficient (Wildman–Crippen LogP) is 1.02. The highest BCUT2D eigenvalue weighted by molar-refractivity contribution is 7.09. The molecule has 1 saturated heterocycles. The van der Waals surface area contributed by atoms with Gasteiger partial charge in [0.15, 0.2) is 0 Å². The third-order valence-corrected chi connectivity index (χ3v) is 3.60. The van der Waals surface area contributed by atoms with Crippen LogP contribution < -0.4 is 10.6 Å². The second kappa shape index (κ2) is 4.23. The Kier molecular flexibility index (Phi) is 2.98. The Balaban J connectivity index is 1.95. The molecule has 0 spiro atoms. The third-order valence-electron chi connectivity index (χ3n) is 2.74. The van der Waals surface area contributed by atoms with E-state index in [1.54, 1.807) is 0 Å². The molecule has 1 aromatic rings. The Morgan fingerprint density at radius 3 is 2.71 bits per heavy atom. The zero-order chi connectivity index (χ0) is 9.97. The van der Waals surface area contributed by atoms with Gasteiger partial charge in [-0.2, -0.15) is 4.37 Å². The molecule has 4 nitrogen and oxygen atoms in total. The highest BCUT2D eigenvalue weighted by atomic mass is 32.1. The summed E-state index contributed by atoms with van der Waals surface area (Å²) in [6, 6.07) is 0. The quantitative estimate of drug-likeness (QED) is 0.795. The van der Waals surface area contributed by atoms with Crippen LogP contribution in [0.15, 0.2) is 0 Å². The smallest absolute Gasteiger partial charge is 0.205 e. The molecule has 78 valence electrons. The van der Waals surface area contributed by atoms with Gasteiger partial charge in [-0.3, -0.25) is 0 Å². The summed E-state index contributed by atoms with van der Waals surface area (Å²) in [6.07, 6.45) is 2.38. The van der Waals surface area contributed by atoms with Crippen molar-refractivity contribution in [3.63, 3.8) is 0 Å². The first-order chi connectivity index (χ1) is 6.79. The maximum absolute atomic E-state index is 5.65. The molecule has 2 N–H and O–H groups in total. The first-order valence-electron chi connectivity index (χ1n) is 5.05. The zero-order valence-corrected chi connectivity index (χ0v) is 9.26. The van der Waals surface area contributed by atoms with Gasteiger partial charge < -0.3 is 10.6 Å². The molecule has 0 aliphatic carbocycles. The average Bonchev–Trinajstić information content (AvgIpc) is 2.65. The standard InChI is InChI=1S/C9H16N4S/c1-7-11-9(14-12-7)13-4-2-8(6-10)3-5-13/h8H,2-6,10H2,1H3. The van der Waals surface area contributed by atoms with Gasteiger partial charge in [-0.25, -0.2) is 4.98 Å². The molecule has 2 rings (SSSR count). The van der Waals surface area contributed by atoms with E-state index in [9.17, 15) is 0 Å². The lowest BCUT2D eigenvalue weighted by Crippen LogP contribution is -2.35. The Morgan fingerprint density at radius 1 is 1.50 bits per heavy atom. The summed E-state index contributed by atoms with van der Waals surface area (Å²) >= 11 is 1.50. The number of piperidine rings is 1. The van der Waals surface area contributed by atoms with Crippen molar-refractivity contribution < 1.29 is 0 Å². The molecule has 0 atom stereocenters. The maximum Gasteiger partial charge on any atom is 0.205 e. The van der Waals surface area contributed by atoms with Crippen LogP contribution in [0, 0.1) is 12.8 Å². The second-order valence-electron chi connectivity index (χ2n) is 3.79. The van der Waals surface area contributed by atoms with Crippen molar-refractivity contribution >= 4 is 16.7 Å². The van der Waals surface area contributed by atoms with E-state index >= 15 is 0 Å². The number of hydrogen-bond acceptors (Lipinski definition) is 5. The van der Waals surface area contributed by atoms with Crippen molar-refractivity contribution in [1.82, 2.24) is 9.36 Å². The summed E-state index contributed by atoms with van der Waals surface area (Å²) in [5.74, 6) is 1.59. The van der Waals surface area contributed by atoms with Gasteiger partial charge in [0.25, 0.3) is 0 Å². The van der Waals surface area contributed by atoms with Crippen molar-refractivity contribution in [2.75, 3.05) is 24.5 Å². The van der Waals surface area contributed by atoms with E-state index in [0.29, 0.717) is 5.92 Å². The molecule has 1 fully saturated rings. The van der Waals surface area contributed by atoms with Crippen LogP contribution in [0.25, 0.3) is 0 Å². The topological polar surface area (TPSA) is 55.0 Å². The molecule has 0 saturated carbocycles. The van der Waals surface area contributed by atoms with Crippen LogP contribution in [0.4, 0.5) is 5.13 Å². The molecule has 0 radical (unpaired) electrons. The number of nitrogens with two attached hydrogens (primary N) is 1. The molecular formula is C9H16N4S. The van der Waals surface area contributed by atoms with Crippen LogP contribution in [0.3, 0.4) is 0 Å². The van der Waals surface area contributed by atoms with Gasteiger partial charge in [-0.05, 0) is 32.2 Å². The van der Waals surface area contributed by atoms with Crippen LogP contribution >= 0.6 is 11.5 Å². The van der Waals surface area contributed by atoms with Gasteiger partial charge >= 0.3 is 0 Å². The highest BCUT2D eigenvalue weighted by Gasteiger charge is 2.20. The summed E-state index contributed by atoms with van der Waals surface area (Å²) in [4.78, 5) is 6.70. The van der Waals surface area contributed by atoms with E-state index in [-0.39, 0.29) is 0 Å². The SMILES string of the molecule is Cc1nsc(N2CCC(CN)CC2)n1. The van der Waals surface area contributed by atoms with Crippen molar-refractivity contribution in [3.05, 3.63) is 5.82 Å². The fraction of sp³-hybridized carbons (Fsp3) is 0.778. The number of rotatable bonds is 2. The van der Waals surface area contributed by atoms with Gasteiger partial charge in [0.2, 0.25) is 5.13 Å². The predicted molar refractivity (Wildman–Crippen MR) is 58.6 cm³/mol. The Hall–Kier alpha value is -0.680. The van der Waals surface area contributed by atoms with Gasteiger partial charge in [0.1, 0.15) is 5.82 Å². The molecular weight excluding hydrogens is 196 g/mol. The molecule has 1 aliphatic heterocycles. The lowest BCUT2D eigenvalue weighted by atomic mass is 9.98. The summed E-state index contributed by atoms with van der Waals surface area (Å²) in [7, 11) is 0. The van der Waals surface area contributed by atoms with E-state index < -0.39 is 0 Å². The van der Waals surface area contributed by atoms with Crippen molar-refractivity contribution in [3.8, 4) is 0 Å². The summed E-state index contributed by atoms with van der Waals surface area (Å²) < 4.78 is 4.20. The molecule has 0 bridgehead atoms. The molecule has 5 heteroatoms. The fourth-order valence-corrected chi connectivity index (χ4v) is 2.50. The summed E-state index contributed by atoms with van der Waals surface area (Å²) in [5.41, 5.74) is 5.65. The second-order valence-corrected chi connectivity index (χ2v) is 4.52. The summed E-state index contributed by atoms with van der Waals surface area (Å²) in [5, 5.41) is 1.07. The van der Waals surface area contributed by atoms with Crippen LogP contribution in [0.5, 0.6) is 0 Å². The van der Waals surface area contributed by atoms with E-state index in [1.165, 1.54) is 24.4 Å². The Bertz CT molecular complexity index is 291. The molecule has 14 heavy (non-hydrogen) atoms. The number of aromatic nitrogens is 2. The first kappa shape index (κ1) is 9.86. The van der Waals surface area contributed by atoms with Crippen LogP contribution in [0.2, 0.25) is 0 Å². The van der Waals surface area contributed by atoms with Crippen molar-refractivity contribution in [2.45, 2.75) is 19.8 Å². The summed E-state index contributed by atoms with van der Waals surface area (Å²) in [6.45, 7) is 4.92. The normalized spacial score (nSPS) is 18.9. The number of anilines is 1. The Morgan fingerprint density at radius 2 is 2.21 bits per heavy atom. The van der Waals surface area contributed by atoms with E-state index in [4.69, 9.17) is 5.73 Å². The van der Waals surface area contributed by atoms with Gasteiger partial charge in [0.05, 0.1) is 0 Å². The highest BCUT2D eigenvalue weighted by Crippen LogP contribution is 2.23. The average molecular weight is 212 g/mol. The first-order valence-corrected chi connectivity index (χ1v) is 5.82. The number of aryl methyl sites for hydroxylation is 1. The van der Waals surface area contributed by atoms with Crippen LogP contribution in [0.1, 0.15) is 18.7 Å². The van der Waals surface area contributed by atoms with Gasteiger partial charge in [-0.1, -0.05) is 0 Å². The van der Waals surface area contributed by atoms with Crippen LogP contribution in [-0.2, 0) is 0 Å². The van der Waals surface area contributed by atoms with Crippen molar-refractivity contribution in [1.29, 1.82) is 0 Å². The fourth-order valence-electron chi connectivity index (χ4n) is 1.77. The van der Waals surface area contributed by atoms with Gasteiger partial charge in [-0.15, -0.1) is 0 Å². The van der Waals surface area contributed by atoms with E-state index in [0.717, 1.165) is 30.6 Å². The zero-order valence-electron chi connectivity index (χ0n) is 8.44. The van der Waals surface area contributed by atoms with E-state index in [2.05, 4.69) is 14.3 Å². The lowest BCUT2D eigenvalue weighted by molar-refractivity contribution is 0.414. The minimum absolute atomic E-state index is 0.709. The molecule has 0 amide bonds. The van der Waals surface area contributed by atoms with Gasteiger partial charge in [0, 0.05) is 24.6 Å².